The van der Waals surface area contributed by atoms with Crippen LogP contribution in [0.4, 0.5) is 5.69 Å². The van der Waals surface area contributed by atoms with Crippen LogP contribution in [0, 0.1) is 0 Å². The number of para-hydroxylation sites is 1. The smallest absolute Gasteiger partial charge is 0.361 e. The summed E-state index contributed by atoms with van der Waals surface area (Å²) in [6.45, 7) is 0. The second kappa shape index (κ2) is 8.41. The van der Waals surface area contributed by atoms with Crippen molar-refractivity contribution in [2.24, 2.45) is 0 Å². The number of nitrogens with one attached hydrogen (secondary N) is 1. The molecule has 1 amide bonds. The number of rotatable bonds is 4. The first-order chi connectivity index (χ1) is 11.4. The van der Waals surface area contributed by atoms with E-state index in [2.05, 4.69) is 9.50 Å². The molecule has 0 bridgehead atoms. The maximum Gasteiger partial charge on any atom is 0.446 e. The van der Waals surface area contributed by atoms with Gasteiger partial charge in [-0.2, -0.15) is 8.42 Å². The molecule has 6 nitrogen and oxygen atoms in total. The van der Waals surface area contributed by atoms with Crippen molar-refractivity contribution < 1.29 is 21.9 Å². The van der Waals surface area contributed by atoms with Crippen LogP contribution in [-0.2, 0) is 10.4 Å². The van der Waals surface area contributed by atoms with Crippen molar-refractivity contribution in [1.29, 1.82) is 0 Å². The zero-order valence-corrected chi connectivity index (χ0v) is 17.3. The first-order valence-electron chi connectivity index (χ1n) is 6.98. The van der Waals surface area contributed by atoms with Crippen LogP contribution >= 0.6 is 0 Å². The summed E-state index contributed by atoms with van der Waals surface area (Å²) in [5.41, 5.74) is 0.545. The summed E-state index contributed by atoms with van der Waals surface area (Å²) >= 11 is 0. The van der Waals surface area contributed by atoms with Gasteiger partial charge in [-0.3, -0.25) is 9.35 Å². The zero-order valence-electron chi connectivity index (χ0n) is 13.3. The summed E-state index contributed by atoms with van der Waals surface area (Å²) in [5, 5.41) is 4.06. The van der Waals surface area contributed by atoms with Crippen molar-refractivity contribution in [3.8, 4) is 5.75 Å². The average molecular weight is 382 g/mol. The van der Waals surface area contributed by atoms with E-state index in [9.17, 15) is 13.2 Å². The van der Waals surface area contributed by atoms with Gasteiger partial charge in [0.1, 0.15) is 0 Å². The molecule has 0 fully saturated rings. The molecule has 1 radical (unpaired) electrons. The predicted molar refractivity (Wildman–Crippen MR) is 96.3 cm³/mol. The first-order valence-corrected chi connectivity index (χ1v) is 8.35. The number of anilines is 1. The number of carbonyl (C=O) groups excluding carboxylic acids is 1. The van der Waals surface area contributed by atoms with Crippen molar-refractivity contribution >= 4 is 84.2 Å². The molecule has 0 aliphatic heterocycles. The van der Waals surface area contributed by atoms with Crippen molar-refractivity contribution in [1.82, 2.24) is 0 Å². The van der Waals surface area contributed by atoms with E-state index in [0.29, 0.717) is 11.1 Å². The number of hydrogen-bond donors (Lipinski definition) is 2. The molecule has 0 atom stereocenters. The monoisotopic (exact) mass is 382 g/mol. The Morgan fingerprint density at radius 1 is 0.920 bits per heavy atom. The third-order valence-electron chi connectivity index (χ3n) is 3.32. The number of carbonyl (C=O) groups is 1. The summed E-state index contributed by atoms with van der Waals surface area (Å²) < 4.78 is 35.7. The molecule has 0 saturated heterocycles. The van der Waals surface area contributed by atoms with Crippen LogP contribution in [0.2, 0.25) is 0 Å². The van der Waals surface area contributed by atoms with Crippen molar-refractivity contribution in [3.63, 3.8) is 0 Å². The summed E-state index contributed by atoms with van der Waals surface area (Å²) in [5.74, 6) is -0.796. The normalized spacial score (nSPS) is 10.8. The average Bonchev–Trinajstić information content (AvgIpc) is 2.53. The molecule has 123 valence electrons. The Morgan fingerprint density at radius 3 is 2.08 bits per heavy atom. The third kappa shape index (κ3) is 5.35. The Bertz CT molecular complexity index is 1010. The largest absolute Gasteiger partial charge is 0.446 e. The van der Waals surface area contributed by atoms with Gasteiger partial charge in [-0.05, 0) is 35.0 Å². The van der Waals surface area contributed by atoms with Gasteiger partial charge in [0.2, 0.25) is 0 Å². The second-order valence-electron chi connectivity index (χ2n) is 5.03. The van der Waals surface area contributed by atoms with E-state index < -0.39 is 16.3 Å². The number of fused-ring (bicyclic) bond motifs is 1. The Kier molecular flexibility index (Phi) is 6.75. The Hall–Kier alpha value is -1.26. The van der Waals surface area contributed by atoms with E-state index in [1.165, 1.54) is 12.1 Å². The van der Waals surface area contributed by atoms with E-state index >= 15 is 0 Å². The maximum absolute atomic E-state index is 12.5. The van der Waals surface area contributed by atoms with E-state index in [-0.39, 0.29) is 62.7 Å². The molecule has 0 saturated carbocycles. The van der Waals surface area contributed by atoms with Crippen LogP contribution in [0.5, 0.6) is 5.75 Å². The predicted octanol–water partition coefficient (Wildman–Crippen LogP) is 2.89. The van der Waals surface area contributed by atoms with E-state index in [4.69, 9.17) is 4.55 Å². The van der Waals surface area contributed by atoms with E-state index in [1.807, 2.05) is 0 Å². The van der Waals surface area contributed by atoms with Gasteiger partial charge in [0.25, 0.3) is 5.91 Å². The number of hydrogen-bond acceptors (Lipinski definition) is 4. The molecule has 0 aliphatic carbocycles. The summed E-state index contributed by atoms with van der Waals surface area (Å²) in [4.78, 5) is 12.5. The molecular formula is C17H13KNO5S. The fraction of sp³-hybridized carbons (Fsp3) is 0. The minimum atomic E-state index is -4.75. The first kappa shape index (κ1) is 20.1. The Labute approximate surface area is 187 Å². The van der Waals surface area contributed by atoms with Crippen LogP contribution in [0.15, 0.2) is 66.7 Å². The SMILES string of the molecule is O=C(Nc1ccccc1)c1cc2ccccc2cc1OS(=O)(=O)O.[K]. The fourth-order valence-corrected chi connectivity index (χ4v) is 2.66. The van der Waals surface area contributed by atoms with Gasteiger partial charge < -0.3 is 9.50 Å². The third-order valence-corrected chi connectivity index (χ3v) is 3.71. The molecule has 0 spiro atoms. The summed E-state index contributed by atoms with van der Waals surface area (Å²) in [6, 6.07) is 18.7. The fourth-order valence-electron chi connectivity index (χ4n) is 2.30. The van der Waals surface area contributed by atoms with Gasteiger partial charge in [0.05, 0.1) is 5.56 Å². The summed E-state index contributed by atoms with van der Waals surface area (Å²) in [6.07, 6.45) is 0. The molecular weight excluding hydrogens is 369 g/mol. The molecule has 3 rings (SSSR count). The summed E-state index contributed by atoms with van der Waals surface area (Å²) in [7, 11) is -4.75. The van der Waals surface area contributed by atoms with E-state index in [1.54, 1.807) is 54.6 Å². The van der Waals surface area contributed by atoms with Gasteiger partial charge in [0, 0.05) is 57.1 Å². The van der Waals surface area contributed by atoms with Gasteiger partial charge in [-0.1, -0.05) is 42.5 Å². The molecule has 0 heterocycles. The van der Waals surface area contributed by atoms with Crippen LogP contribution in [0.1, 0.15) is 10.4 Å². The van der Waals surface area contributed by atoms with Gasteiger partial charge >= 0.3 is 10.4 Å². The quantitative estimate of drug-likeness (QED) is 0.535. The Morgan fingerprint density at radius 2 is 1.48 bits per heavy atom. The minimum Gasteiger partial charge on any atom is -0.361 e. The molecule has 3 aromatic carbocycles. The molecule has 25 heavy (non-hydrogen) atoms. The molecule has 0 unspecified atom stereocenters. The number of amides is 1. The van der Waals surface area contributed by atoms with E-state index in [0.717, 1.165) is 5.39 Å². The molecule has 8 heteroatoms. The minimum absolute atomic E-state index is 0. The zero-order chi connectivity index (χ0) is 17.2. The molecule has 2 N–H and O–H groups in total. The van der Waals surface area contributed by atoms with Gasteiger partial charge in [-0.15, -0.1) is 0 Å². The maximum atomic E-state index is 12.5. The van der Waals surface area contributed by atoms with Gasteiger partial charge in [-0.25, -0.2) is 0 Å². The molecule has 3 aromatic rings. The van der Waals surface area contributed by atoms with Gasteiger partial charge in [0.15, 0.2) is 5.75 Å². The number of benzene rings is 3. The van der Waals surface area contributed by atoms with Crippen LogP contribution in [0.3, 0.4) is 0 Å². The topological polar surface area (TPSA) is 92.7 Å². The van der Waals surface area contributed by atoms with Crippen LogP contribution in [0.25, 0.3) is 10.8 Å². The van der Waals surface area contributed by atoms with Crippen molar-refractivity contribution in [3.05, 3.63) is 72.3 Å². The standard InChI is InChI=1S/C17H13NO5S.K/c19-17(18-14-8-2-1-3-9-14)15-10-12-6-4-5-7-13(12)11-16(15)23-24(20,21)22;/h1-11H,(H,18,19)(H,20,21,22);. The molecule has 0 aliphatic rings. The molecule has 0 aromatic heterocycles. The van der Waals surface area contributed by atoms with Crippen LogP contribution in [-0.4, -0.2) is 70.3 Å². The van der Waals surface area contributed by atoms with Crippen molar-refractivity contribution in [2.75, 3.05) is 5.32 Å². The van der Waals surface area contributed by atoms with Crippen LogP contribution < -0.4 is 9.50 Å². The second-order valence-corrected chi connectivity index (χ2v) is 6.05. The Balaban J connectivity index is 0.00000225. The van der Waals surface area contributed by atoms with Crippen molar-refractivity contribution in [2.45, 2.75) is 0 Å².